The van der Waals surface area contributed by atoms with Crippen molar-refractivity contribution in [3.05, 3.63) is 23.8 Å². The minimum atomic E-state index is -0.609. The summed E-state index contributed by atoms with van der Waals surface area (Å²) in [5.74, 6) is -0.493. The van der Waals surface area contributed by atoms with Gasteiger partial charge in [0.2, 0.25) is 5.95 Å². The molecule has 0 amide bonds. The first-order valence-electron chi connectivity index (χ1n) is 5.94. The van der Waals surface area contributed by atoms with Crippen LogP contribution in [0.4, 0.5) is 14.7 Å². The fraction of sp³-hybridized carbons (Fsp3) is 0.417. The molecule has 4 nitrogen and oxygen atoms in total. The van der Waals surface area contributed by atoms with Crippen LogP contribution in [0.3, 0.4) is 0 Å². The number of aromatic nitrogens is 2. The summed E-state index contributed by atoms with van der Waals surface area (Å²) in [5, 5.41) is 3.25. The molecule has 2 aromatic rings. The number of rotatable bonds is 1. The van der Waals surface area contributed by atoms with E-state index in [9.17, 15) is 8.78 Å². The van der Waals surface area contributed by atoms with Gasteiger partial charge >= 0.3 is 0 Å². The van der Waals surface area contributed by atoms with Crippen molar-refractivity contribution in [2.75, 3.05) is 31.1 Å². The Morgan fingerprint density at radius 3 is 2.67 bits per heavy atom. The highest BCUT2D eigenvalue weighted by molar-refractivity contribution is 5.79. The summed E-state index contributed by atoms with van der Waals surface area (Å²) >= 11 is 0. The lowest BCUT2D eigenvalue weighted by Gasteiger charge is -2.28. The van der Waals surface area contributed by atoms with Gasteiger partial charge in [-0.25, -0.2) is 13.8 Å². The first kappa shape index (κ1) is 11.4. The molecule has 1 aliphatic rings. The SMILES string of the molecule is Cn1c(N2CCNCC2)nc2c(F)cc(F)cc21. The normalized spacial score (nSPS) is 16.5. The van der Waals surface area contributed by atoms with Crippen molar-refractivity contribution >= 4 is 17.0 Å². The Balaban J connectivity index is 2.13. The maximum Gasteiger partial charge on any atom is 0.206 e. The Bertz CT molecular complexity index is 587. The molecule has 1 fully saturated rings. The third-order valence-electron chi connectivity index (χ3n) is 3.28. The van der Waals surface area contributed by atoms with Gasteiger partial charge in [-0.1, -0.05) is 0 Å². The fourth-order valence-corrected chi connectivity index (χ4v) is 2.35. The highest BCUT2D eigenvalue weighted by Crippen LogP contribution is 2.24. The van der Waals surface area contributed by atoms with Crippen LogP contribution >= 0.6 is 0 Å². The van der Waals surface area contributed by atoms with Crippen LogP contribution in [0.1, 0.15) is 0 Å². The average molecular weight is 252 g/mol. The Morgan fingerprint density at radius 2 is 1.94 bits per heavy atom. The largest absolute Gasteiger partial charge is 0.340 e. The molecule has 0 saturated carbocycles. The molecule has 1 N–H and O–H groups in total. The summed E-state index contributed by atoms with van der Waals surface area (Å²) in [6.45, 7) is 3.39. The van der Waals surface area contributed by atoms with E-state index in [1.54, 1.807) is 11.6 Å². The van der Waals surface area contributed by atoms with Crippen molar-refractivity contribution in [1.82, 2.24) is 14.9 Å². The van der Waals surface area contributed by atoms with Gasteiger partial charge in [-0.05, 0) is 0 Å². The summed E-state index contributed by atoms with van der Waals surface area (Å²) in [5.41, 5.74) is 0.716. The standard InChI is InChI=1S/C12H14F2N4/c1-17-10-7-8(13)6-9(14)11(10)16-12(17)18-4-2-15-3-5-18/h6-7,15H,2-5H2,1H3. The molecule has 0 aliphatic carbocycles. The molecule has 96 valence electrons. The Labute approximate surface area is 103 Å². The van der Waals surface area contributed by atoms with Crippen LogP contribution < -0.4 is 10.2 Å². The number of piperazine rings is 1. The second-order valence-electron chi connectivity index (χ2n) is 4.46. The monoisotopic (exact) mass is 252 g/mol. The number of fused-ring (bicyclic) bond motifs is 1. The highest BCUT2D eigenvalue weighted by atomic mass is 19.1. The second-order valence-corrected chi connectivity index (χ2v) is 4.46. The summed E-state index contributed by atoms with van der Waals surface area (Å²) in [6.07, 6.45) is 0. The molecule has 1 aromatic carbocycles. The molecular weight excluding hydrogens is 238 g/mol. The van der Waals surface area contributed by atoms with Gasteiger partial charge in [-0.2, -0.15) is 0 Å². The molecule has 0 atom stereocenters. The van der Waals surface area contributed by atoms with Gasteiger partial charge in [-0.3, -0.25) is 0 Å². The lowest BCUT2D eigenvalue weighted by atomic mass is 10.3. The van der Waals surface area contributed by atoms with Crippen LogP contribution in [0.2, 0.25) is 0 Å². The zero-order valence-electron chi connectivity index (χ0n) is 10.1. The maximum atomic E-state index is 13.7. The first-order chi connectivity index (χ1) is 8.66. The van der Waals surface area contributed by atoms with Crippen molar-refractivity contribution in [1.29, 1.82) is 0 Å². The molecule has 1 aromatic heterocycles. The molecular formula is C12H14F2N4. The van der Waals surface area contributed by atoms with E-state index in [1.165, 1.54) is 6.07 Å². The summed E-state index contributed by atoms with van der Waals surface area (Å²) in [4.78, 5) is 6.37. The van der Waals surface area contributed by atoms with Crippen molar-refractivity contribution in [2.24, 2.45) is 7.05 Å². The van der Waals surface area contributed by atoms with E-state index in [-0.39, 0.29) is 5.52 Å². The topological polar surface area (TPSA) is 33.1 Å². The van der Waals surface area contributed by atoms with Gasteiger partial charge in [0.05, 0.1) is 5.52 Å². The molecule has 18 heavy (non-hydrogen) atoms. The molecule has 1 aliphatic heterocycles. The number of anilines is 1. The predicted molar refractivity (Wildman–Crippen MR) is 65.7 cm³/mol. The zero-order chi connectivity index (χ0) is 12.7. The molecule has 2 heterocycles. The molecule has 0 radical (unpaired) electrons. The molecule has 0 bridgehead atoms. The molecule has 3 rings (SSSR count). The Morgan fingerprint density at radius 1 is 1.22 bits per heavy atom. The van der Waals surface area contributed by atoms with Crippen LogP contribution in [0.15, 0.2) is 12.1 Å². The smallest absolute Gasteiger partial charge is 0.206 e. The summed E-state index contributed by atoms with van der Waals surface area (Å²) in [6, 6.07) is 2.19. The molecule has 0 spiro atoms. The van der Waals surface area contributed by atoms with Gasteiger partial charge in [0, 0.05) is 45.4 Å². The summed E-state index contributed by atoms with van der Waals surface area (Å²) < 4.78 is 28.6. The van der Waals surface area contributed by atoms with Gasteiger partial charge < -0.3 is 14.8 Å². The number of nitrogens with zero attached hydrogens (tertiary/aromatic N) is 3. The predicted octanol–water partition coefficient (Wildman–Crippen LogP) is 1.26. The Kier molecular flexibility index (Phi) is 2.66. The van der Waals surface area contributed by atoms with Crippen LogP contribution in [0, 0.1) is 11.6 Å². The van der Waals surface area contributed by atoms with Crippen molar-refractivity contribution < 1.29 is 8.78 Å². The third-order valence-corrected chi connectivity index (χ3v) is 3.28. The highest BCUT2D eigenvalue weighted by Gasteiger charge is 2.19. The number of nitrogens with one attached hydrogen (secondary N) is 1. The minimum Gasteiger partial charge on any atom is -0.340 e. The molecule has 1 saturated heterocycles. The van der Waals surface area contributed by atoms with Gasteiger partial charge in [0.1, 0.15) is 11.3 Å². The lowest BCUT2D eigenvalue weighted by Crippen LogP contribution is -2.44. The maximum absolute atomic E-state index is 13.7. The van der Waals surface area contributed by atoms with Gasteiger partial charge in [-0.15, -0.1) is 0 Å². The van der Waals surface area contributed by atoms with E-state index in [1.807, 2.05) is 0 Å². The van der Waals surface area contributed by atoms with Crippen molar-refractivity contribution in [3.8, 4) is 0 Å². The fourth-order valence-electron chi connectivity index (χ4n) is 2.35. The number of hydrogen-bond donors (Lipinski definition) is 1. The Hall–Kier alpha value is -1.69. The van der Waals surface area contributed by atoms with Crippen LogP contribution in [0.25, 0.3) is 11.0 Å². The quantitative estimate of drug-likeness (QED) is 0.829. The van der Waals surface area contributed by atoms with E-state index in [0.717, 1.165) is 32.2 Å². The number of aryl methyl sites for hydroxylation is 1. The third kappa shape index (κ3) is 1.73. The van der Waals surface area contributed by atoms with Crippen molar-refractivity contribution in [3.63, 3.8) is 0 Å². The number of hydrogen-bond acceptors (Lipinski definition) is 3. The van der Waals surface area contributed by atoms with E-state index in [0.29, 0.717) is 11.5 Å². The van der Waals surface area contributed by atoms with Crippen LogP contribution in [-0.2, 0) is 7.05 Å². The van der Waals surface area contributed by atoms with E-state index in [4.69, 9.17) is 0 Å². The summed E-state index contributed by atoms with van der Waals surface area (Å²) in [7, 11) is 1.78. The molecule has 6 heteroatoms. The minimum absolute atomic E-state index is 0.229. The van der Waals surface area contributed by atoms with Crippen LogP contribution in [-0.4, -0.2) is 35.7 Å². The number of halogens is 2. The second kappa shape index (κ2) is 4.20. The number of benzene rings is 1. The van der Waals surface area contributed by atoms with E-state index in [2.05, 4.69) is 15.2 Å². The zero-order valence-corrected chi connectivity index (χ0v) is 10.1. The van der Waals surface area contributed by atoms with Gasteiger partial charge in [0.25, 0.3) is 0 Å². The van der Waals surface area contributed by atoms with Crippen LogP contribution in [0.5, 0.6) is 0 Å². The van der Waals surface area contributed by atoms with E-state index >= 15 is 0 Å². The van der Waals surface area contributed by atoms with E-state index < -0.39 is 11.6 Å². The number of imidazole rings is 1. The van der Waals surface area contributed by atoms with Gasteiger partial charge in [0.15, 0.2) is 5.82 Å². The first-order valence-corrected chi connectivity index (χ1v) is 5.94. The van der Waals surface area contributed by atoms with Crippen molar-refractivity contribution in [2.45, 2.75) is 0 Å². The molecule has 0 unspecified atom stereocenters. The lowest BCUT2D eigenvalue weighted by molar-refractivity contribution is 0.575. The average Bonchev–Trinajstić information content (AvgIpc) is 2.69.